The van der Waals surface area contributed by atoms with Crippen LogP contribution in [-0.2, 0) is 0 Å². The fourth-order valence-electron chi connectivity index (χ4n) is 1.33. The molecule has 13 heavy (non-hydrogen) atoms. The Morgan fingerprint density at radius 1 is 1.54 bits per heavy atom. The summed E-state index contributed by atoms with van der Waals surface area (Å²) < 4.78 is 0. The molecular formula is C10H17ClN2. The van der Waals surface area contributed by atoms with E-state index in [-0.39, 0.29) is 18.4 Å². The van der Waals surface area contributed by atoms with Crippen molar-refractivity contribution in [3.63, 3.8) is 0 Å². The molecule has 0 amide bonds. The molecule has 0 aromatic carbocycles. The topological polar surface area (TPSA) is 38.9 Å². The zero-order chi connectivity index (χ0) is 8.97. The van der Waals surface area contributed by atoms with E-state index in [9.17, 15) is 0 Å². The highest BCUT2D eigenvalue weighted by Gasteiger charge is 2.07. The normalized spacial score (nSPS) is 11.9. The lowest BCUT2D eigenvalue weighted by Crippen LogP contribution is -2.12. The molecule has 1 heterocycles. The van der Waals surface area contributed by atoms with Crippen LogP contribution in [0.15, 0.2) is 18.3 Å². The SMILES string of the molecule is CCC[C@@H](N)c1ncccc1C.Cl. The van der Waals surface area contributed by atoms with E-state index in [1.165, 1.54) is 5.56 Å². The zero-order valence-electron chi connectivity index (χ0n) is 8.16. The van der Waals surface area contributed by atoms with Gasteiger partial charge in [-0.3, -0.25) is 4.98 Å². The van der Waals surface area contributed by atoms with E-state index in [1.54, 1.807) is 6.20 Å². The summed E-state index contributed by atoms with van der Waals surface area (Å²) in [6.45, 7) is 4.19. The molecule has 0 aliphatic carbocycles. The second-order valence-corrected chi connectivity index (χ2v) is 3.10. The van der Waals surface area contributed by atoms with E-state index in [0.29, 0.717) is 0 Å². The third-order valence-electron chi connectivity index (χ3n) is 2.00. The van der Waals surface area contributed by atoms with Crippen molar-refractivity contribution in [3.8, 4) is 0 Å². The van der Waals surface area contributed by atoms with Gasteiger partial charge in [0.15, 0.2) is 0 Å². The number of aromatic nitrogens is 1. The summed E-state index contributed by atoms with van der Waals surface area (Å²) >= 11 is 0. The van der Waals surface area contributed by atoms with Gasteiger partial charge in [-0.05, 0) is 25.0 Å². The van der Waals surface area contributed by atoms with Crippen molar-refractivity contribution in [1.82, 2.24) is 4.98 Å². The van der Waals surface area contributed by atoms with Crippen LogP contribution in [0.4, 0.5) is 0 Å². The first-order valence-corrected chi connectivity index (χ1v) is 4.42. The summed E-state index contributed by atoms with van der Waals surface area (Å²) in [6.07, 6.45) is 3.92. The summed E-state index contributed by atoms with van der Waals surface area (Å²) in [7, 11) is 0. The Morgan fingerprint density at radius 2 is 2.23 bits per heavy atom. The lowest BCUT2D eigenvalue weighted by atomic mass is 10.1. The zero-order valence-corrected chi connectivity index (χ0v) is 8.97. The average Bonchev–Trinajstić information content (AvgIpc) is 2.05. The smallest absolute Gasteiger partial charge is 0.0600 e. The van der Waals surface area contributed by atoms with Gasteiger partial charge in [0.05, 0.1) is 5.69 Å². The van der Waals surface area contributed by atoms with Crippen molar-refractivity contribution in [2.45, 2.75) is 32.7 Å². The van der Waals surface area contributed by atoms with Gasteiger partial charge in [-0.25, -0.2) is 0 Å². The fourth-order valence-corrected chi connectivity index (χ4v) is 1.33. The van der Waals surface area contributed by atoms with Gasteiger partial charge in [-0.2, -0.15) is 0 Å². The lowest BCUT2D eigenvalue weighted by molar-refractivity contribution is 0.618. The van der Waals surface area contributed by atoms with E-state index in [4.69, 9.17) is 5.73 Å². The Balaban J connectivity index is 0.00000144. The molecule has 0 bridgehead atoms. The molecule has 0 aliphatic rings. The van der Waals surface area contributed by atoms with Gasteiger partial charge in [0.1, 0.15) is 0 Å². The monoisotopic (exact) mass is 200 g/mol. The van der Waals surface area contributed by atoms with Crippen molar-refractivity contribution >= 4 is 12.4 Å². The van der Waals surface area contributed by atoms with E-state index >= 15 is 0 Å². The number of aryl methyl sites for hydroxylation is 1. The van der Waals surface area contributed by atoms with Gasteiger partial charge in [0.2, 0.25) is 0 Å². The molecule has 0 spiro atoms. The van der Waals surface area contributed by atoms with E-state index < -0.39 is 0 Å². The van der Waals surface area contributed by atoms with Gasteiger partial charge in [-0.1, -0.05) is 19.4 Å². The molecule has 74 valence electrons. The second kappa shape index (κ2) is 5.95. The molecule has 0 radical (unpaired) electrons. The molecule has 0 fully saturated rings. The van der Waals surface area contributed by atoms with Crippen molar-refractivity contribution in [1.29, 1.82) is 0 Å². The molecule has 1 rings (SSSR count). The Morgan fingerprint density at radius 3 is 2.77 bits per heavy atom. The first-order chi connectivity index (χ1) is 5.75. The molecule has 0 aliphatic heterocycles. The second-order valence-electron chi connectivity index (χ2n) is 3.10. The van der Waals surface area contributed by atoms with Gasteiger partial charge in [-0.15, -0.1) is 12.4 Å². The summed E-state index contributed by atoms with van der Waals surface area (Å²) in [5.41, 5.74) is 8.18. The third kappa shape index (κ3) is 3.33. The minimum atomic E-state index is 0. The number of halogens is 1. The molecule has 2 nitrogen and oxygen atoms in total. The van der Waals surface area contributed by atoms with Crippen LogP contribution in [0.2, 0.25) is 0 Å². The van der Waals surface area contributed by atoms with E-state index in [2.05, 4.69) is 24.9 Å². The first kappa shape index (κ1) is 12.4. The predicted molar refractivity (Wildman–Crippen MR) is 58.1 cm³/mol. The van der Waals surface area contributed by atoms with Gasteiger partial charge >= 0.3 is 0 Å². The molecule has 1 atom stereocenters. The number of hydrogen-bond acceptors (Lipinski definition) is 2. The van der Waals surface area contributed by atoms with Gasteiger partial charge in [0, 0.05) is 12.2 Å². The Kier molecular flexibility index (Phi) is 5.67. The fraction of sp³-hybridized carbons (Fsp3) is 0.500. The molecular weight excluding hydrogens is 184 g/mol. The minimum absolute atomic E-state index is 0. The number of rotatable bonds is 3. The number of pyridine rings is 1. The maximum Gasteiger partial charge on any atom is 0.0600 e. The van der Waals surface area contributed by atoms with Gasteiger partial charge in [0.25, 0.3) is 0 Å². The molecule has 0 unspecified atom stereocenters. The van der Waals surface area contributed by atoms with Crippen LogP contribution in [0, 0.1) is 6.92 Å². The molecule has 3 heteroatoms. The minimum Gasteiger partial charge on any atom is -0.323 e. The molecule has 2 N–H and O–H groups in total. The van der Waals surface area contributed by atoms with Crippen LogP contribution < -0.4 is 5.73 Å². The maximum atomic E-state index is 5.94. The number of hydrogen-bond donors (Lipinski definition) is 1. The average molecular weight is 201 g/mol. The third-order valence-corrected chi connectivity index (χ3v) is 2.00. The van der Waals surface area contributed by atoms with Crippen molar-refractivity contribution < 1.29 is 0 Å². The number of nitrogens with two attached hydrogens (primary N) is 1. The van der Waals surface area contributed by atoms with Crippen LogP contribution in [0.25, 0.3) is 0 Å². The number of nitrogens with zero attached hydrogens (tertiary/aromatic N) is 1. The largest absolute Gasteiger partial charge is 0.323 e. The van der Waals surface area contributed by atoms with Crippen LogP contribution in [0.3, 0.4) is 0 Å². The van der Waals surface area contributed by atoms with Gasteiger partial charge < -0.3 is 5.73 Å². The standard InChI is InChI=1S/C10H16N2.ClH/c1-3-5-9(11)10-8(2)6-4-7-12-10;/h4,6-7,9H,3,5,11H2,1-2H3;1H/t9-;/m1./s1. The molecule has 0 saturated carbocycles. The first-order valence-electron chi connectivity index (χ1n) is 4.42. The molecule has 0 saturated heterocycles. The Labute approximate surface area is 86.0 Å². The lowest BCUT2D eigenvalue weighted by Gasteiger charge is -2.11. The quantitative estimate of drug-likeness (QED) is 0.815. The summed E-state index contributed by atoms with van der Waals surface area (Å²) in [6, 6.07) is 4.10. The summed E-state index contributed by atoms with van der Waals surface area (Å²) in [4.78, 5) is 4.27. The van der Waals surface area contributed by atoms with Crippen molar-refractivity contribution in [2.24, 2.45) is 5.73 Å². The Hall–Kier alpha value is -0.600. The summed E-state index contributed by atoms with van der Waals surface area (Å²) in [5, 5.41) is 0. The van der Waals surface area contributed by atoms with Crippen molar-refractivity contribution in [3.05, 3.63) is 29.6 Å². The molecule has 1 aromatic rings. The summed E-state index contributed by atoms with van der Waals surface area (Å²) in [5.74, 6) is 0. The van der Waals surface area contributed by atoms with Crippen LogP contribution >= 0.6 is 12.4 Å². The predicted octanol–water partition coefficient (Wildman–Crippen LogP) is 2.61. The van der Waals surface area contributed by atoms with E-state index in [1.807, 2.05) is 6.07 Å². The van der Waals surface area contributed by atoms with Crippen LogP contribution in [0.5, 0.6) is 0 Å². The highest BCUT2D eigenvalue weighted by atomic mass is 35.5. The highest BCUT2D eigenvalue weighted by Crippen LogP contribution is 2.16. The highest BCUT2D eigenvalue weighted by molar-refractivity contribution is 5.85. The van der Waals surface area contributed by atoms with Crippen LogP contribution in [-0.4, -0.2) is 4.98 Å². The Bertz CT molecular complexity index is 250. The molecule has 1 aromatic heterocycles. The maximum absolute atomic E-state index is 5.94. The van der Waals surface area contributed by atoms with Crippen LogP contribution in [0.1, 0.15) is 37.1 Å². The van der Waals surface area contributed by atoms with E-state index in [0.717, 1.165) is 18.5 Å². The van der Waals surface area contributed by atoms with Crippen molar-refractivity contribution in [2.75, 3.05) is 0 Å².